The Bertz CT molecular complexity index is 854. The Hall–Kier alpha value is -2.27. The number of nitrogens with zero attached hydrogens (tertiary/aromatic N) is 3. The van der Waals surface area contributed by atoms with Crippen LogP contribution in [0.3, 0.4) is 0 Å². The summed E-state index contributed by atoms with van der Waals surface area (Å²) in [4.78, 5) is 6.89. The van der Waals surface area contributed by atoms with E-state index < -0.39 is 0 Å². The topological polar surface area (TPSA) is 47.1 Å². The lowest BCUT2D eigenvalue weighted by Crippen LogP contribution is -2.17. The van der Waals surface area contributed by atoms with Crippen LogP contribution in [0.5, 0.6) is 0 Å². The molecule has 0 unspecified atom stereocenters. The summed E-state index contributed by atoms with van der Waals surface area (Å²) in [5, 5.41) is 2.64. The van der Waals surface area contributed by atoms with Crippen molar-refractivity contribution in [3.05, 3.63) is 47.1 Å². The summed E-state index contributed by atoms with van der Waals surface area (Å²) in [6.45, 7) is 6.64. The molecule has 2 N–H and O–H groups in total. The highest BCUT2D eigenvalue weighted by molar-refractivity contribution is 7.13. The van der Waals surface area contributed by atoms with E-state index in [1.807, 2.05) is 5.38 Å². The number of anilines is 2. The summed E-state index contributed by atoms with van der Waals surface area (Å²) in [6, 6.07) is 11.1. The van der Waals surface area contributed by atoms with E-state index in [1.165, 1.54) is 60.0 Å². The third-order valence-corrected chi connectivity index (χ3v) is 5.48. The Morgan fingerprint density at radius 1 is 1.04 bits per heavy atom. The second-order valence-electron chi connectivity index (χ2n) is 6.40. The van der Waals surface area contributed by atoms with Crippen molar-refractivity contribution >= 4 is 22.2 Å². The van der Waals surface area contributed by atoms with Gasteiger partial charge < -0.3 is 15.2 Å². The average Bonchev–Trinajstić information content (AvgIpc) is 3.29. The highest BCUT2D eigenvalue weighted by atomic mass is 32.1. The Kier molecular flexibility index (Phi) is 3.81. The highest BCUT2D eigenvalue weighted by Crippen LogP contribution is 2.31. The van der Waals surface area contributed by atoms with Gasteiger partial charge in [-0.15, -0.1) is 11.3 Å². The monoisotopic (exact) mass is 338 g/mol. The summed E-state index contributed by atoms with van der Waals surface area (Å²) >= 11 is 1.49. The van der Waals surface area contributed by atoms with Gasteiger partial charge in [0.25, 0.3) is 0 Å². The number of aryl methyl sites for hydroxylation is 1. The molecule has 4 nitrogen and oxygen atoms in total. The van der Waals surface area contributed by atoms with Gasteiger partial charge in [-0.3, -0.25) is 0 Å². The second kappa shape index (κ2) is 5.98. The van der Waals surface area contributed by atoms with Crippen molar-refractivity contribution in [1.29, 1.82) is 0 Å². The van der Waals surface area contributed by atoms with Crippen molar-refractivity contribution in [2.24, 2.45) is 0 Å². The first-order valence-electron chi connectivity index (χ1n) is 8.39. The zero-order chi connectivity index (χ0) is 16.7. The van der Waals surface area contributed by atoms with Crippen molar-refractivity contribution in [3.63, 3.8) is 0 Å². The lowest BCUT2D eigenvalue weighted by atomic mass is 10.2. The van der Waals surface area contributed by atoms with Crippen LogP contribution >= 0.6 is 11.3 Å². The molecular formula is C19H22N4S. The molecule has 5 heteroatoms. The zero-order valence-corrected chi connectivity index (χ0v) is 14.9. The van der Waals surface area contributed by atoms with Crippen LogP contribution in [-0.2, 0) is 0 Å². The molecule has 0 atom stereocenters. The van der Waals surface area contributed by atoms with Crippen LogP contribution in [0.15, 0.2) is 35.7 Å². The minimum atomic E-state index is 0.616. The smallest absolute Gasteiger partial charge is 0.180 e. The molecule has 0 radical (unpaired) electrons. The Labute approximate surface area is 146 Å². The number of rotatable bonds is 3. The Balaban J connectivity index is 1.70. The Morgan fingerprint density at radius 3 is 2.33 bits per heavy atom. The van der Waals surface area contributed by atoms with Gasteiger partial charge in [0.2, 0.25) is 0 Å². The zero-order valence-electron chi connectivity index (χ0n) is 14.1. The molecule has 4 rings (SSSR count). The molecule has 124 valence electrons. The van der Waals surface area contributed by atoms with Crippen molar-refractivity contribution in [2.75, 3.05) is 23.7 Å². The molecule has 0 bridgehead atoms. The van der Waals surface area contributed by atoms with Crippen molar-refractivity contribution in [1.82, 2.24) is 9.55 Å². The second-order valence-corrected chi connectivity index (χ2v) is 7.29. The molecule has 0 aliphatic carbocycles. The fourth-order valence-electron chi connectivity index (χ4n) is 3.62. The third kappa shape index (κ3) is 2.59. The fourth-order valence-corrected chi connectivity index (χ4v) is 4.18. The van der Waals surface area contributed by atoms with Gasteiger partial charge in [-0.25, -0.2) is 4.98 Å². The number of thiazole rings is 1. The van der Waals surface area contributed by atoms with E-state index in [9.17, 15) is 0 Å². The van der Waals surface area contributed by atoms with Crippen LogP contribution < -0.4 is 10.6 Å². The molecule has 24 heavy (non-hydrogen) atoms. The molecule has 3 heterocycles. The quantitative estimate of drug-likeness (QED) is 0.770. The molecule has 0 amide bonds. The van der Waals surface area contributed by atoms with E-state index >= 15 is 0 Å². The molecule has 1 aliphatic rings. The number of nitrogen functional groups attached to an aromatic ring is 1. The number of aromatic nitrogens is 2. The molecule has 2 aromatic heterocycles. The van der Waals surface area contributed by atoms with Crippen LogP contribution in [0, 0.1) is 13.8 Å². The lowest BCUT2D eigenvalue weighted by Gasteiger charge is -2.18. The van der Waals surface area contributed by atoms with E-state index in [4.69, 9.17) is 5.73 Å². The van der Waals surface area contributed by atoms with Gasteiger partial charge in [0.05, 0.1) is 5.69 Å². The van der Waals surface area contributed by atoms with E-state index in [0.717, 1.165) is 11.3 Å². The molecule has 0 saturated carbocycles. The predicted molar refractivity (Wildman–Crippen MR) is 102 cm³/mol. The molecule has 1 aliphatic heterocycles. The highest BCUT2D eigenvalue weighted by Gasteiger charge is 2.16. The number of hydrogen-bond donors (Lipinski definition) is 1. The van der Waals surface area contributed by atoms with E-state index in [-0.39, 0.29) is 0 Å². The number of benzene rings is 1. The van der Waals surface area contributed by atoms with Crippen LogP contribution in [0.1, 0.15) is 24.2 Å². The minimum Gasteiger partial charge on any atom is -0.375 e. The first-order valence-corrected chi connectivity index (χ1v) is 9.27. The number of hydrogen-bond acceptors (Lipinski definition) is 4. The summed E-state index contributed by atoms with van der Waals surface area (Å²) in [5.41, 5.74) is 12.8. The first-order chi connectivity index (χ1) is 11.6. The molecule has 0 spiro atoms. The average molecular weight is 338 g/mol. The van der Waals surface area contributed by atoms with Gasteiger partial charge in [0, 0.05) is 46.8 Å². The lowest BCUT2D eigenvalue weighted by molar-refractivity contribution is 0.949. The fraction of sp³-hybridized carbons (Fsp3) is 0.316. The maximum absolute atomic E-state index is 5.79. The van der Waals surface area contributed by atoms with Gasteiger partial charge >= 0.3 is 0 Å². The van der Waals surface area contributed by atoms with Gasteiger partial charge in [0.15, 0.2) is 5.13 Å². The van der Waals surface area contributed by atoms with E-state index in [1.54, 1.807) is 0 Å². The predicted octanol–water partition coefficient (Wildman–Crippen LogP) is 4.40. The summed E-state index contributed by atoms with van der Waals surface area (Å²) in [5.74, 6) is 0. The van der Waals surface area contributed by atoms with E-state index in [0.29, 0.717) is 5.13 Å². The molecule has 1 saturated heterocycles. The SMILES string of the molecule is Cc1cc(-c2csc(N)n2)c(C)n1-c1ccc(N2CCCC2)cc1. The van der Waals surface area contributed by atoms with Gasteiger partial charge in [-0.05, 0) is 57.0 Å². The summed E-state index contributed by atoms with van der Waals surface area (Å²) in [7, 11) is 0. The maximum Gasteiger partial charge on any atom is 0.180 e. The molecule has 1 fully saturated rings. The molecule has 1 aromatic carbocycles. The summed E-state index contributed by atoms with van der Waals surface area (Å²) < 4.78 is 2.29. The van der Waals surface area contributed by atoms with Crippen LogP contribution in [0.2, 0.25) is 0 Å². The van der Waals surface area contributed by atoms with E-state index in [2.05, 4.69) is 58.6 Å². The van der Waals surface area contributed by atoms with Gasteiger partial charge in [-0.2, -0.15) is 0 Å². The standard InChI is InChI=1S/C19H22N4S/c1-13-11-17(18-12-24-19(20)21-18)14(2)23(13)16-7-5-15(6-8-16)22-9-3-4-10-22/h5-8,11-12H,3-4,9-10H2,1-2H3,(H2,20,21). The normalized spacial score (nSPS) is 14.5. The van der Waals surface area contributed by atoms with Crippen LogP contribution in [0.4, 0.5) is 10.8 Å². The van der Waals surface area contributed by atoms with Crippen molar-refractivity contribution in [2.45, 2.75) is 26.7 Å². The number of nitrogens with two attached hydrogens (primary N) is 1. The first kappa shape index (κ1) is 15.3. The minimum absolute atomic E-state index is 0.616. The largest absolute Gasteiger partial charge is 0.375 e. The molecular weight excluding hydrogens is 316 g/mol. The third-order valence-electron chi connectivity index (χ3n) is 4.81. The molecule has 3 aromatic rings. The van der Waals surface area contributed by atoms with Crippen LogP contribution in [0.25, 0.3) is 16.9 Å². The van der Waals surface area contributed by atoms with Gasteiger partial charge in [-0.1, -0.05) is 0 Å². The summed E-state index contributed by atoms with van der Waals surface area (Å²) in [6.07, 6.45) is 2.61. The van der Waals surface area contributed by atoms with Crippen molar-refractivity contribution < 1.29 is 0 Å². The van der Waals surface area contributed by atoms with Gasteiger partial charge in [0.1, 0.15) is 0 Å². The maximum atomic E-state index is 5.79. The van der Waals surface area contributed by atoms with Crippen LogP contribution in [-0.4, -0.2) is 22.6 Å². The van der Waals surface area contributed by atoms with Crippen molar-refractivity contribution in [3.8, 4) is 16.9 Å². The Morgan fingerprint density at radius 2 is 1.71 bits per heavy atom.